The van der Waals surface area contributed by atoms with Gasteiger partial charge in [-0.05, 0) is 90.3 Å². The zero-order valence-corrected chi connectivity index (χ0v) is 21.5. The van der Waals surface area contributed by atoms with E-state index in [1.807, 2.05) is 0 Å². The van der Waals surface area contributed by atoms with Gasteiger partial charge in [0.25, 0.3) is 0 Å². The Balaban J connectivity index is 1.84. The van der Waals surface area contributed by atoms with E-state index in [1.54, 1.807) is 10.6 Å². The Morgan fingerprint density at radius 3 is 1.69 bits per heavy atom. The van der Waals surface area contributed by atoms with Crippen molar-refractivity contribution >= 4 is 18.5 Å². The monoisotopic (exact) mass is 443 g/mol. The fraction of sp³-hybridized carbons (Fsp3) is 0.400. The van der Waals surface area contributed by atoms with E-state index in [9.17, 15) is 0 Å². The first-order chi connectivity index (χ1) is 15.3. The third-order valence-corrected chi connectivity index (χ3v) is 9.87. The Labute approximate surface area is 196 Å². The molecular formula is C30H38NP. The summed E-state index contributed by atoms with van der Waals surface area (Å²) in [6.07, 6.45) is 3.98. The summed E-state index contributed by atoms with van der Waals surface area (Å²) in [6.45, 7) is 9.02. The van der Waals surface area contributed by atoms with Gasteiger partial charge in [0, 0.05) is 6.04 Å². The molecule has 3 aromatic carbocycles. The van der Waals surface area contributed by atoms with Gasteiger partial charge in [-0.1, -0.05) is 95.4 Å². The van der Waals surface area contributed by atoms with Crippen molar-refractivity contribution in [2.24, 2.45) is 5.92 Å². The molecule has 3 atom stereocenters. The molecule has 1 saturated carbocycles. The van der Waals surface area contributed by atoms with E-state index in [2.05, 4.69) is 113 Å². The second-order valence-electron chi connectivity index (χ2n) is 10.0. The number of aryl methyl sites for hydroxylation is 4. The molecule has 0 amide bonds. The lowest BCUT2D eigenvalue weighted by molar-refractivity contribution is 0.217. The van der Waals surface area contributed by atoms with Crippen LogP contribution in [-0.4, -0.2) is 24.7 Å². The zero-order chi connectivity index (χ0) is 22.8. The Morgan fingerprint density at radius 2 is 1.22 bits per heavy atom. The molecule has 3 unspecified atom stereocenters. The van der Waals surface area contributed by atoms with Crippen molar-refractivity contribution in [1.82, 2.24) is 4.90 Å². The third kappa shape index (κ3) is 5.00. The van der Waals surface area contributed by atoms with Crippen LogP contribution in [0.2, 0.25) is 0 Å². The minimum absolute atomic E-state index is 0.430. The molecule has 0 spiro atoms. The lowest BCUT2D eigenvalue weighted by Crippen LogP contribution is -2.34. The molecule has 0 aliphatic heterocycles. The van der Waals surface area contributed by atoms with Crippen molar-refractivity contribution < 1.29 is 0 Å². The number of nitrogens with zero attached hydrogens (tertiary/aromatic N) is 1. The van der Waals surface area contributed by atoms with Crippen LogP contribution >= 0.6 is 7.92 Å². The molecule has 1 fully saturated rings. The highest BCUT2D eigenvalue weighted by atomic mass is 31.1. The molecule has 3 aromatic rings. The number of rotatable bonds is 6. The predicted molar refractivity (Wildman–Crippen MR) is 142 cm³/mol. The highest BCUT2D eigenvalue weighted by molar-refractivity contribution is 7.73. The summed E-state index contributed by atoms with van der Waals surface area (Å²) in [6, 6.07) is 26.2. The predicted octanol–water partition coefficient (Wildman–Crippen LogP) is 6.82. The van der Waals surface area contributed by atoms with E-state index >= 15 is 0 Å². The van der Waals surface area contributed by atoms with Gasteiger partial charge in [0.2, 0.25) is 0 Å². The van der Waals surface area contributed by atoms with Gasteiger partial charge in [-0.3, -0.25) is 0 Å². The van der Waals surface area contributed by atoms with E-state index < -0.39 is 7.92 Å². The first-order valence-corrected chi connectivity index (χ1v) is 13.4. The maximum absolute atomic E-state index is 2.47. The molecule has 168 valence electrons. The summed E-state index contributed by atoms with van der Waals surface area (Å²) in [5.74, 6) is 0.667. The fourth-order valence-corrected chi connectivity index (χ4v) is 9.52. The summed E-state index contributed by atoms with van der Waals surface area (Å²) in [7, 11) is 4.10. The van der Waals surface area contributed by atoms with Gasteiger partial charge in [0.15, 0.2) is 0 Å². The molecule has 0 bridgehead atoms. The number of hydrogen-bond acceptors (Lipinski definition) is 1. The lowest BCUT2D eigenvalue weighted by atomic mass is 9.90. The summed E-state index contributed by atoms with van der Waals surface area (Å²) < 4.78 is 0. The average molecular weight is 444 g/mol. The van der Waals surface area contributed by atoms with E-state index in [0.717, 1.165) is 0 Å². The molecule has 0 saturated heterocycles. The van der Waals surface area contributed by atoms with Crippen LogP contribution in [0.4, 0.5) is 0 Å². The van der Waals surface area contributed by atoms with Gasteiger partial charge in [0.1, 0.15) is 0 Å². The van der Waals surface area contributed by atoms with E-state index in [4.69, 9.17) is 0 Å². The number of benzene rings is 3. The van der Waals surface area contributed by atoms with Crippen LogP contribution < -0.4 is 10.6 Å². The first kappa shape index (κ1) is 23.2. The Bertz CT molecular complexity index is 964. The van der Waals surface area contributed by atoms with E-state index in [0.29, 0.717) is 17.6 Å². The highest BCUT2D eigenvalue weighted by Gasteiger charge is 2.41. The summed E-state index contributed by atoms with van der Waals surface area (Å²) in [5, 5.41) is 3.12. The molecule has 0 heterocycles. The smallest absolute Gasteiger partial charge is 0.0376 e. The quantitative estimate of drug-likeness (QED) is 0.378. The standard InChI is InChI=1S/C30H38NP/c1-21-15-22(2)18-26(17-21)32(27-19-23(3)16-24(4)20-27)29-14-10-13-28(29)30(31(5)6)25-11-8-7-9-12-25/h7-9,11-12,15-20,28-30H,10,13-14H2,1-6H3. The van der Waals surface area contributed by atoms with Crippen LogP contribution in [0.15, 0.2) is 66.7 Å². The second-order valence-corrected chi connectivity index (χ2v) is 12.5. The topological polar surface area (TPSA) is 3.24 Å². The summed E-state index contributed by atoms with van der Waals surface area (Å²) >= 11 is 0. The van der Waals surface area contributed by atoms with Crippen molar-refractivity contribution in [2.45, 2.75) is 58.7 Å². The number of hydrogen-bond donors (Lipinski definition) is 0. The fourth-order valence-electron chi connectivity index (χ4n) is 5.95. The molecule has 0 aromatic heterocycles. The van der Waals surface area contributed by atoms with Gasteiger partial charge in [-0.2, -0.15) is 0 Å². The summed E-state index contributed by atoms with van der Waals surface area (Å²) in [4.78, 5) is 2.47. The minimum Gasteiger partial charge on any atom is -0.302 e. The summed E-state index contributed by atoms with van der Waals surface area (Å²) in [5.41, 5.74) is 7.71. The van der Waals surface area contributed by atoms with Gasteiger partial charge in [-0.25, -0.2) is 0 Å². The molecule has 1 nitrogen and oxygen atoms in total. The molecule has 0 radical (unpaired) electrons. The van der Waals surface area contributed by atoms with Gasteiger partial charge < -0.3 is 4.90 Å². The minimum atomic E-state index is -0.430. The molecular weight excluding hydrogens is 405 g/mol. The van der Waals surface area contributed by atoms with Crippen LogP contribution in [0.5, 0.6) is 0 Å². The molecule has 4 rings (SSSR count). The lowest BCUT2D eigenvalue weighted by Gasteiger charge is -2.38. The first-order valence-electron chi connectivity index (χ1n) is 12.0. The maximum atomic E-state index is 2.47. The average Bonchev–Trinajstić information content (AvgIpc) is 3.16. The van der Waals surface area contributed by atoms with Crippen LogP contribution in [-0.2, 0) is 0 Å². The Morgan fingerprint density at radius 1 is 0.719 bits per heavy atom. The van der Waals surface area contributed by atoms with Gasteiger partial charge in [-0.15, -0.1) is 0 Å². The van der Waals surface area contributed by atoms with Crippen LogP contribution in [0.25, 0.3) is 0 Å². The molecule has 1 aliphatic carbocycles. The molecule has 32 heavy (non-hydrogen) atoms. The van der Waals surface area contributed by atoms with Crippen LogP contribution in [0, 0.1) is 33.6 Å². The van der Waals surface area contributed by atoms with Crippen molar-refractivity contribution in [1.29, 1.82) is 0 Å². The van der Waals surface area contributed by atoms with Crippen molar-refractivity contribution in [3.63, 3.8) is 0 Å². The van der Waals surface area contributed by atoms with Gasteiger partial charge in [0.05, 0.1) is 0 Å². The van der Waals surface area contributed by atoms with Gasteiger partial charge >= 0.3 is 0 Å². The third-order valence-electron chi connectivity index (χ3n) is 6.94. The van der Waals surface area contributed by atoms with Crippen molar-refractivity contribution in [3.8, 4) is 0 Å². The van der Waals surface area contributed by atoms with Crippen molar-refractivity contribution in [3.05, 3.63) is 94.5 Å². The molecule has 2 heteroatoms. The van der Waals surface area contributed by atoms with E-state index in [-0.39, 0.29) is 0 Å². The van der Waals surface area contributed by atoms with Crippen molar-refractivity contribution in [2.75, 3.05) is 14.1 Å². The largest absolute Gasteiger partial charge is 0.302 e. The SMILES string of the molecule is Cc1cc(C)cc(P(c2cc(C)cc(C)c2)C2CCCC2C(c2ccccc2)N(C)C)c1. The van der Waals surface area contributed by atoms with E-state index in [1.165, 1.54) is 47.1 Å². The maximum Gasteiger partial charge on any atom is 0.0376 e. The Kier molecular flexibility index (Phi) is 7.18. The molecule has 0 N–H and O–H groups in total. The second kappa shape index (κ2) is 9.90. The van der Waals surface area contributed by atoms with Crippen LogP contribution in [0.1, 0.15) is 53.1 Å². The zero-order valence-electron chi connectivity index (χ0n) is 20.6. The normalized spacial score (nSPS) is 19.6. The van der Waals surface area contributed by atoms with Crippen LogP contribution in [0.3, 0.4) is 0 Å². The highest BCUT2D eigenvalue weighted by Crippen LogP contribution is 2.54. The Hall–Kier alpha value is -1.95. The molecule has 1 aliphatic rings.